The van der Waals surface area contributed by atoms with Crippen molar-refractivity contribution in [1.29, 1.82) is 0 Å². The number of alkyl halides is 2. The summed E-state index contributed by atoms with van der Waals surface area (Å²) in [7, 11) is 0. The van der Waals surface area contributed by atoms with E-state index in [0.29, 0.717) is 6.42 Å². The molecule has 0 unspecified atom stereocenters. The summed E-state index contributed by atoms with van der Waals surface area (Å²) in [6.45, 7) is 2.08. The summed E-state index contributed by atoms with van der Waals surface area (Å²) in [5.41, 5.74) is 2.99. The molecule has 2 aromatic rings. The molecule has 112 valence electrons. The number of halogens is 4. The SMILES string of the molecule is Cc1cccc(C(CBr)(CBr)Cc2cc(Br)ccc2F)c1. The Morgan fingerprint density at radius 2 is 1.76 bits per heavy atom. The summed E-state index contributed by atoms with van der Waals surface area (Å²) in [6, 6.07) is 13.5. The van der Waals surface area contributed by atoms with Gasteiger partial charge in [-0.25, -0.2) is 4.39 Å². The molecule has 0 saturated heterocycles. The Kier molecular flexibility index (Phi) is 6.04. The van der Waals surface area contributed by atoms with Gasteiger partial charge in [0.25, 0.3) is 0 Å². The van der Waals surface area contributed by atoms with E-state index in [1.54, 1.807) is 6.07 Å². The normalized spacial score (nSPS) is 11.7. The Hall–Kier alpha value is -0.190. The van der Waals surface area contributed by atoms with Gasteiger partial charge in [-0.05, 0) is 42.7 Å². The number of rotatable bonds is 5. The Labute approximate surface area is 150 Å². The van der Waals surface area contributed by atoms with Crippen molar-refractivity contribution in [3.63, 3.8) is 0 Å². The summed E-state index contributed by atoms with van der Waals surface area (Å²) >= 11 is 10.7. The summed E-state index contributed by atoms with van der Waals surface area (Å²) in [4.78, 5) is 0. The molecule has 0 fully saturated rings. The molecule has 0 aromatic heterocycles. The van der Waals surface area contributed by atoms with E-state index >= 15 is 0 Å². The molecule has 0 atom stereocenters. The van der Waals surface area contributed by atoms with Crippen molar-refractivity contribution in [3.05, 3.63) is 69.4 Å². The predicted molar refractivity (Wildman–Crippen MR) is 98.2 cm³/mol. The molecular formula is C17H16Br3F. The molecule has 0 amide bonds. The molecule has 0 radical (unpaired) electrons. The highest BCUT2D eigenvalue weighted by Crippen LogP contribution is 2.34. The maximum atomic E-state index is 14.1. The Morgan fingerprint density at radius 3 is 2.38 bits per heavy atom. The molecule has 0 nitrogen and oxygen atoms in total. The van der Waals surface area contributed by atoms with Crippen LogP contribution in [-0.4, -0.2) is 10.7 Å². The molecule has 0 aliphatic carbocycles. The van der Waals surface area contributed by atoms with Crippen molar-refractivity contribution >= 4 is 47.8 Å². The molecule has 0 heterocycles. The molecule has 0 aliphatic rings. The fraction of sp³-hybridized carbons (Fsp3) is 0.294. The number of hydrogen-bond donors (Lipinski definition) is 0. The molecule has 4 heteroatoms. The minimum atomic E-state index is -0.173. The van der Waals surface area contributed by atoms with Crippen LogP contribution in [0.3, 0.4) is 0 Å². The van der Waals surface area contributed by atoms with Crippen LogP contribution in [0.15, 0.2) is 46.9 Å². The second-order valence-electron chi connectivity index (χ2n) is 5.33. The molecule has 2 rings (SSSR count). The maximum Gasteiger partial charge on any atom is 0.126 e. The topological polar surface area (TPSA) is 0 Å². The molecule has 0 bridgehead atoms. The minimum Gasteiger partial charge on any atom is -0.207 e. The van der Waals surface area contributed by atoms with E-state index in [1.165, 1.54) is 17.2 Å². The predicted octanol–water partition coefficient (Wildman–Crippen LogP) is 6.17. The average molecular weight is 479 g/mol. The molecule has 0 saturated carbocycles. The van der Waals surface area contributed by atoms with E-state index in [0.717, 1.165) is 20.7 Å². The molecule has 0 N–H and O–H groups in total. The van der Waals surface area contributed by atoms with Crippen LogP contribution in [0.2, 0.25) is 0 Å². The van der Waals surface area contributed by atoms with Crippen molar-refractivity contribution in [2.24, 2.45) is 0 Å². The first-order valence-corrected chi connectivity index (χ1v) is 9.67. The van der Waals surface area contributed by atoms with Crippen molar-refractivity contribution < 1.29 is 4.39 Å². The average Bonchev–Trinajstić information content (AvgIpc) is 2.48. The fourth-order valence-electron chi connectivity index (χ4n) is 2.40. The maximum absolute atomic E-state index is 14.1. The van der Waals surface area contributed by atoms with Crippen LogP contribution < -0.4 is 0 Å². The monoisotopic (exact) mass is 476 g/mol. The quantitative estimate of drug-likeness (QED) is 0.451. The van der Waals surface area contributed by atoms with Gasteiger partial charge < -0.3 is 0 Å². The van der Waals surface area contributed by atoms with Gasteiger partial charge >= 0.3 is 0 Å². The van der Waals surface area contributed by atoms with Gasteiger partial charge in [-0.2, -0.15) is 0 Å². The van der Waals surface area contributed by atoms with E-state index in [9.17, 15) is 4.39 Å². The lowest BCUT2D eigenvalue weighted by Gasteiger charge is -2.31. The van der Waals surface area contributed by atoms with Crippen LogP contribution >= 0.6 is 47.8 Å². The third-order valence-corrected chi connectivity index (χ3v) is 6.32. The lowest BCUT2D eigenvalue weighted by Crippen LogP contribution is -2.33. The first-order chi connectivity index (χ1) is 10.0. The van der Waals surface area contributed by atoms with Gasteiger partial charge in [-0.1, -0.05) is 77.6 Å². The minimum absolute atomic E-state index is 0.155. The molecule has 0 aliphatic heterocycles. The lowest BCUT2D eigenvalue weighted by molar-refractivity contribution is 0.522. The second kappa shape index (κ2) is 7.38. The number of benzene rings is 2. The third kappa shape index (κ3) is 3.96. The van der Waals surface area contributed by atoms with Gasteiger partial charge in [0.2, 0.25) is 0 Å². The highest BCUT2D eigenvalue weighted by molar-refractivity contribution is 9.10. The van der Waals surface area contributed by atoms with E-state index in [-0.39, 0.29) is 11.2 Å². The smallest absolute Gasteiger partial charge is 0.126 e. The number of aryl methyl sites for hydroxylation is 1. The number of hydrogen-bond acceptors (Lipinski definition) is 0. The van der Waals surface area contributed by atoms with Crippen LogP contribution in [0.25, 0.3) is 0 Å². The Bertz CT molecular complexity index is 621. The zero-order valence-corrected chi connectivity index (χ0v) is 16.4. The van der Waals surface area contributed by atoms with Crippen molar-refractivity contribution in [2.45, 2.75) is 18.8 Å². The van der Waals surface area contributed by atoms with Gasteiger partial charge in [-0.3, -0.25) is 0 Å². The van der Waals surface area contributed by atoms with Crippen molar-refractivity contribution in [3.8, 4) is 0 Å². The first kappa shape index (κ1) is 17.2. The Balaban J connectivity index is 2.45. The van der Waals surface area contributed by atoms with Crippen molar-refractivity contribution in [1.82, 2.24) is 0 Å². The summed E-state index contributed by atoms with van der Waals surface area (Å²) in [5, 5.41) is 1.53. The van der Waals surface area contributed by atoms with Crippen LogP contribution in [0.4, 0.5) is 4.39 Å². The van der Waals surface area contributed by atoms with E-state index in [2.05, 4.69) is 79.0 Å². The Morgan fingerprint density at radius 1 is 1.05 bits per heavy atom. The molecule has 21 heavy (non-hydrogen) atoms. The zero-order chi connectivity index (χ0) is 15.5. The second-order valence-corrected chi connectivity index (χ2v) is 7.37. The summed E-state index contributed by atoms with van der Waals surface area (Å²) < 4.78 is 15.0. The van der Waals surface area contributed by atoms with Crippen LogP contribution in [0.5, 0.6) is 0 Å². The fourth-order valence-corrected chi connectivity index (χ4v) is 4.79. The zero-order valence-electron chi connectivity index (χ0n) is 11.7. The van der Waals surface area contributed by atoms with Crippen molar-refractivity contribution in [2.75, 3.05) is 10.7 Å². The van der Waals surface area contributed by atoms with Crippen LogP contribution in [0, 0.1) is 12.7 Å². The third-order valence-electron chi connectivity index (χ3n) is 3.68. The van der Waals surface area contributed by atoms with Crippen LogP contribution in [0.1, 0.15) is 16.7 Å². The van der Waals surface area contributed by atoms with Gasteiger partial charge in [0.1, 0.15) is 5.82 Å². The highest BCUT2D eigenvalue weighted by atomic mass is 79.9. The molecule has 0 spiro atoms. The van der Waals surface area contributed by atoms with Gasteiger partial charge in [-0.15, -0.1) is 0 Å². The van der Waals surface area contributed by atoms with E-state index < -0.39 is 0 Å². The first-order valence-electron chi connectivity index (χ1n) is 6.64. The summed E-state index contributed by atoms with van der Waals surface area (Å²) in [6.07, 6.45) is 0.637. The van der Waals surface area contributed by atoms with Gasteiger partial charge in [0.05, 0.1) is 0 Å². The van der Waals surface area contributed by atoms with Gasteiger partial charge in [0.15, 0.2) is 0 Å². The summed E-state index contributed by atoms with van der Waals surface area (Å²) in [5.74, 6) is -0.155. The van der Waals surface area contributed by atoms with E-state index in [1.807, 2.05) is 6.07 Å². The standard InChI is InChI=1S/C17H16Br3F/c1-12-3-2-4-14(7-12)17(10-18,11-19)9-13-8-15(20)5-6-16(13)21/h2-8H,9-11H2,1H3. The molecular weight excluding hydrogens is 463 g/mol. The highest BCUT2D eigenvalue weighted by Gasteiger charge is 2.31. The van der Waals surface area contributed by atoms with E-state index in [4.69, 9.17) is 0 Å². The van der Waals surface area contributed by atoms with Crippen LogP contribution in [-0.2, 0) is 11.8 Å². The lowest BCUT2D eigenvalue weighted by atomic mass is 9.78. The largest absolute Gasteiger partial charge is 0.207 e. The van der Waals surface area contributed by atoms with Gasteiger partial charge in [0, 0.05) is 20.5 Å². The molecule has 2 aromatic carbocycles.